The molecule has 0 spiro atoms. The summed E-state index contributed by atoms with van der Waals surface area (Å²) in [5.74, 6) is -1.31. The maximum atomic E-state index is 12.1. The van der Waals surface area contributed by atoms with Crippen LogP contribution in [0.5, 0.6) is 0 Å². The fourth-order valence-corrected chi connectivity index (χ4v) is 3.83. The van der Waals surface area contributed by atoms with Crippen molar-refractivity contribution in [1.82, 2.24) is 15.5 Å². The van der Waals surface area contributed by atoms with E-state index in [2.05, 4.69) is 27.0 Å². The number of likely N-dealkylation sites (tertiary alicyclic amines) is 1. The molecule has 1 saturated heterocycles. The lowest BCUT2D eigenvalue weighted by molar-refractivity contribution is -0.141. The summed E-state index contributed by atoms with van der Waals surface area (Å²) < 4.78 is 9.99. The van der Waals surface area contributed by atoms with Crippen LogP contribution in [-0.4, -0.2) is 63.4 Å². The largest absolute Gasteiger partial charge is 0.354 e. The van der Waals surface area contributed by atoms with Crippen LogP contribution in [0.15, 0.2) is 16.8 Å². The molecule has 0 radical (unpaired) electrons. The molecule has 26 heavy (non-hydrogen) atoms. The van der Waals surface area contributed by atoms with Crippen molar-refractivity contribution < 1.29 is 19.1 Å². The zero-order chi connectivity index (χ0) is 18.8. The first-order valence-electron chi connectivity index (χ1n) is 9.03. The van der Waals surface area contributed by atoms with Gasteiger partial charge in [-0.1, -0.05) is 12.8 Å². The molecule has 0 aliphatic carbocycles. The van der Waals surface area contributed by atoms with E-state index in [0.717, 1.165) is 13.1 Å². The van der Waals surface area contributed by atoms with Gasteiger partial charge in [0.15, 0.2) is 6.29 Å². The lowest BCUT2D eigenvalue weighted by Gasteiger charge is -2.30. The molecule has 1 aliphatic rings. The van der Waals surface area contributed by atoms with E-state index in [-0.39, 0.29) is 12.6 Å². The Balaban J connectivity index is 1.89. The molecule has 2 N–H and O–H groups in total. The molecule has 0 saturated carbocycles. The highest BCUT2D eigenvalue weighted by Gasteiger charge is 2.24. The minimum atomic E-state index is -0.677. The van der Waals surface area contributed by atoms with Crippen LogP contribution in [0.4, 0.5) is 0 Å². The molecule has 1 aromatic heterocycles. The zero-order valence-electron chi connectivity index (χ0n) is 15.5. The summed E-state index contributed by atoms with van der Waals surface area (Å²) in [6.07, 6.45) is 4.28. The van der Waals surface area contributed by atoms with E-state index in [0.29, 0.717) is 6.54 Å². The number of hydrogen-bond acceptors (Lipinski definition) is 6. The molecule has 0 bridgehead atoms. The molecule has 1 fully saturated rings. The van der Waals surface area contributed by atoms with E-state index < -0.39 is 18.1 Å². The second-order valence-electron chi connectivity index (χ2n) is 6.34. The SMILES string of the molecule is COC(CNC(=O)C(=O)NCC(c1ccsc1)N1CCCCCC1)OC. The number of rotatable bonds is 8. The number of ether oxygens (including phenoxy) is 2. The molecular formula is C18H29N3O4S. The molecular weight excluding hydrogens is 354 g/mol. The Morgan fingerprint density at radius 1 is 1.08 bits per heavy atom. The summed E-state index contributed by atoms with van der Waals surface area (Å²) in [4.78, 5) is 26.5. The molecule has 2 heterocycles. The summed E-state index contributed by atoms with van der Waals surface area (Å²) >= 11 is 1.65. The van der Waals surface area contributed by atoms with Gasteiger partial charge in [0, 0.05) is 20.8 Å². The maximum absolute atomic E-state index is 12.1. The van der Waals surface area contributed by atoms with E-state index in [1.54, 1.807) is 11.3 Å². The average molecular weight is 384 g/mol. The molecule has 2 rings (SSSR count). The van der Waals surface area contributed by atoms with E-state index in [1.807, 2.05) is 5.38 Å². The lowest BCUT2D eigenvalue weighted by Crippen LogP contribution is -2.46. The van der Waals surface area contributed by atoms with Gasteiger partial charge in [0.1, 0.15) is 0 Å². The van der Waals surface area contributed by atoms with Crippen molar-refractivity contribution in [2.45, 2.75) is 38.0 Å². The molecule has 1 aromatic rings. The number of nitrogens with zero attached hydrogens (tertiary/aromatic N) is 1. The van der Waals surface area contributed by atoms with Crippen LogP contribution in [0.2, 0.25) is 0 Å². The minimum Gasteiger partial charge on any atom is -0.354 e. The van der Waals surface area contributed by atoms with Gasteiger partial charge in [0.25, 0.3) is 0 Å². The summed E-state index contributed by atoms with van der Waals surface area (Å²) in [7, 11) is 2.96. The van der Waals surface area contributed by atoms with Gasteiger partial charge in [-0.15, -0.1) is 0 Å². The number of carbonyl (C=O) groups is 2. The first kappa shape index (κ1) is 20.8. The highest BCUT2D eigenvalue weighted by atomic mass is 32.1. The molecule has 8 heteroatoms. The summed E-state index contributed by atoms with van der Waals surface area (Å²) in [5, 5.41) is 9.46. The van der Waals surface area contributed by atoms with Crippen molar-refractivity contribution in [2.24, 2.45) is 0 Å². The van der Waals surface area contributed by atoms with Crippen molar-refractivity contribution in [2.75, 3.05) is 40.4 Å². The minimum absolute atomic E-state index is 0.0989. The lowest BCUT2D eigenvalue weighted by atomic mass is 10.1. The first-order valence-corrected chi connectivity index (χ1v) is 9.97. The van der Waals surface area contributed by atoms with Crippen molar-refractivity contribution in [3.8, 4) is 0 Å². The average Bonchev–Trinajstić information content (AvgIpc) is 3.05. The first-order chi connectivity index (χ1) is 12.7. The smallest absolute Gasteiger partial charge is 0.309 e. The standard InChI is InChI=1S/C18H29N3O4S/c1-24-16(25-2)12-20-18(23)17(22)19-11-15(14-7-10-26-13-14)21-8-5-3-4-6-9-21/h7,10,13,15-16H,3-6,8-9,11-12H2,1-2H3,(H,19,22)(H,20,23). The third kappa shape index (κ3) is 6.35. The van der Waals surface area contributed by atoms with E-state index in [1.165, 1.54) is 45.5 Å². The number of carbonyl (C=O) groups excluding carboxylic acids is 2. The molecule has 1 unspecified atom stereocenters. The van der Waals surface area contributed by atoms with Crippen molar-refractivity contribution in [1.29, 1.82) is 0 Å². The van der Waals surface area contributed by atoms with Gasteiger partial charge in [-0.2, -0.15) is 11.3 Å². The van der Waals surface area contributed by atoms with Crippen molar-refractivity contribution in [3.05, 3.63) is 22.4 Å². The highest BCUT2D eigenvalue weighted by Crippen LogP contribution is 2.25. The number of hydrogen-bond donors (Lipinski definition) is 2. The van der Waals surface area contributed by atoms with Crippen LogP contribution in [0.1, 0.15) is 37.3 Å². The molecule has 0 aromatic carbocycles. The predicted octanol–water partition coefficient (Wildman–Crippen LogP) is 1.52. The second kappa shape index (κ2) is 11.3. The van der Waals surface area contributed by atoms with E-state index >= 15 is 0 Å². The van der Waals surface area contributed by atoms with E-state index in [9.17, 15) is 9.59 Å². The van der Waals surface area contributed by atoms with Gasteiger partial charge in [-0.3, -0.25) is 14.5 Å². The van der Waals surface area contributed by atoms with Crippen LogP contribution < -0.4 is 10.6 Å². The van der Waals surface area contributed by atoms with E-state index in [4.69, 9.17) is 9.47 Å². The fraction of sp³-hybridized carbons (Fsp3) is 0.667. The van der Waals surface area contributed by atoms with Gasteiger partial charge in [0.2, 0.25) is 0 Å². The number of thiophene rings is 1. The monoisotopic (exact) mass is 383 g/mol. The number of methoxy groups -OCH3 is 2. The van der Waals surface area contributed by atoms with Gasteiger partial charge in [-0.05, 0) is 48.3 Å². The number of amides is 2. The quantitative estimate of drug-likeness (QED) is 0.526. The molecule has 7 nitrogen and oxygen atoms in total. The normalized spacial score (nSPS) is 16.9. The Labute approximate surface area is 159 Å². The topological polar surface area (TPSA) is 79.9 Å². The fourth-order valence-electron chi connectivity index (χ4n) is 3.12. The maximum Gasteiger partial charge on any atom is 0.309 e. The Kier molecular flexibility index (Phi) is 9.04. The Bertz CT molecular complexity index is 541. The third-order valence-electron chi connectivity index (χ3n) is 4.63. The van der Waals surface area contributed by atoms with Gasteiger partial charge in [-0.25, -0.2) is 0 Å². The van der Waals surface area contributed by atoms with Crippen LogP contribution in [-0.2, 0) is 19.1 Å². The van der Waals surface area contributed by atoms with Crippen LogP contribution in [0, 0.1) is 0 Å². The summed E-state index contributed by atoms with van der Waals surface area (Å²) in [5.41, 5.74) is 1.19. The molecule has 2 amide bonds. The zero-order valence-corrected chi connectivity index (χ0v) is 16.3. The van der Waals surface area contributed by atoms with Gasteiger partial charge >= 0.3 is 11.8 Å². The Morgan fingerprint density at radius 3 is 2.23 bits per heavy atom. The Morgan fingerprint density at radius 2 is 1.69 bits per heavy atom. The summed E-state index contributed by atoms with van der Waals surface area (Å²) in [6.45, 7) is 2.58. The number of nitrogens with one attached hydrogen (secondary N) is 2. The predicted molar refractivity (Wildman–Crippen MR) is 101 cm³/mol. The van der Waals surface area contributed by atoms with Crippen molar-refractivity contribution >= 4 is 23.2 Å². The van der Waals surface area contributed by atoms with Crippen molar-refractivity contribution in [3.63, 3.8) is 0 Å². The van der Waals surface area contributed by atoms with Gasteiger partial charge in [0.05, 0.1) is 12.6 Å². The van der Waals surface area contributed by atoms with Crippen LogP contribution >= 0.6 is 11.3 Å². The summed E-state index contributed by atoms with van der Waals surface area (Å²) in [6, 6.07) is 2.19. The third-order valence-corrected chi connectivity index (χ3v) is 5.33. The molecule has 146 valence electrons. The molecule has 1 aliphatic heterocycles. The van der Waals surface area contributed by atoms with Gasteiger partial charge < -0.3 is 20.1 Å². The van der Waals surface area contributed by atoms with Crippen LogP contribution in [0.25, 0.3) is 0 Å². The van der Waals surface area contributed by atoms with Crippen LogP contribution in [0.3, 0.4) is 0 Å². The second-order valence-corrected chi connectivity index (χ2v) is 7.12. The Hall–Kier alpha value is -1.48. The molecule has 1 atom stereocenters. The highest BCUT2D eigenvalue weighted by molar-refractivity contribution is 7.07.